The minimum atomic E-state index is -0.235. The van der Waals surface area contributed by atoms with E-state index in [1.807, 2.05) is 11.8 Å². The average Bonchev–Trinajstić information content (AvgIpc) is 2.71. The predicted molar refractivity (Wildman–Crippen MR) is 130 cm³/mol. The molecule has 3 rings (SSSR count). The van der Waals surface area contributed by atoms with Gasteiger partial charge in [-0.3, -0.25) is 14.5 Å². The molecule has 1 amide bonds. The fourth-order valence-electron chi connectivity index (χ4n) is 3.59. The third kappa shape index (κ3) is 5.70. The van der Waals surface area contributed by atoms with E-state index in [1.54, 1.807) is 24.3 Å². The molecule has 30 heavy (non-hydrogen) atoms. The summed E-state index contributed by atoms with van der Waals surface area (Å²) in [7, 11) is 0. The lowest BCUT2D eigenvalue weighted by Gasteiger charge is -2.44. The molecule has 1 aliphatic heterocycles. The molecule has 1 aliphatic rings. The standard InChI is InChI=1S/C22H23FI2N2O3/c1-14-10-27(15(2)9-26(14)11-16-3-5-18(23)6-4-16)21(29)13-30-22-19(24)7-17(12-28)8-20(22)25/h3-8,12,14-15H,9-11,13H2,1-2H3/t14-,15+/m1/s1. The lowest BCUT2D eigenvalue weighted by atomic mass is 10.1. The van der Waals surface area contributed by atoms with E-state index in [2.05, 4.69) is 57.0 Å². The molecular weight excluding hydrogens is 613 g/mol. The molecule has 0 aromatic heterocycles. The Morgan fingerprint density at radius 3 is 2.37 bits per heavy atom. The highest BCUT2D eigenvalue weighted by molar-refractivity contribution is 14.1. The summed E-state index contributed by atoms with van der Waals surface area (Å²) >= 11 is 4.23. The lowest BCUT2D eigenvalue weighted by Crippen LogP contribution is -2.58. The molecule has 0 aliphatic carbocycles. The molecule has 1 fully saturated rings. The molecule has 0 spiro atoms. The van der Waals surface area contributed by atoms with Crippen LogP contribution in [0.15, 0.2) is 36.4 Å². The number of hydrogen-bond donors (Lipinski definition) is 0. The number of aldehydes is 1. The Balaban J connectivity index is 1.60. The fraction of sp³-hybridized carbons (Fsp3) is 0.364. The van der Waals surface area contributed by atoms with Crippen molar-refractivity contribution >= 4 is 57.4 Å². The van der Waals surface area contributed by atoms with Gasteiger partial charge in [-0.2, -0.15) is 0 Å². The first kappa shape index (κ1) is 23.4. The highest BCUT2D eigenvalue weighted by Crippen LogP contribution is 2.29. The molecule has 1 heterocycles. The molecule has 160 valence electrons. The first-order valence-electron chi connectivity index (χ1n) is 9.63. The maximum atomic E-state index is 13.1. The number of carbonyl (C=O) groups is 2. The second-order valence-corrected chi connectivity index (χ2v) is 9.84. The van der Waals surface area contributed by atoms with Crippen LogP contribution in [0.25, 0.3) is 0 Å². The number of benzene rings is 2. The van der Waals surface area contributed by atoms with Crippen molar-refractivity contribution < 1.29 is 18.7 Å². The average molecular weight is 636 g/mol. The van der Waals surface area contributed by atoms with Gasteiger partial charge in [0, 0.05) is 37.3 Å². The maximum absolute atomic E-state index is 13.1. The van der Waals surface area contributed by atoms with Crippen molar-refractivity contribution in [3.63, 3.8) is 0 Å². The number of nitrogens with zero attached hydrogens (tertiary/aromatic N) is 2. The maximum Gasteiger partial charge on any atom is 0.260 e. The molecule has 0 unspecified atom stereocenters. The summed E-state index contributed by atoms with van der Waals surface area (Å²) in [5.74, 6) is 0.341. The summed E-state index contributed by atoms with van der Waals surface area (Å²) in [5.41, 5.74) is 1.64. The van der Waals surface area contributed by atoms with Gasteiger partial charge >= 0.3 is 0 Å². The zero-order chi connectivity index (χ0) is 21.8. The van der Waals surface area contributed by atoms with Crippen molar-refractivity contribution in [3.8, 4) is 5.75 Å². The number of rotatable bonds is 6. The Hall–Kier alpha value is -1.27. The number of halogens is 3. The molecule has 5 nitrogen and oxygen atoms in total. The van der Waals surface area contributed by atoms with Gasteiger partial charge in [0.15, 0.2) is 6.61 Å². The Labute approximate surface area is 203 Å². The Bertz CT molecular complexity index is 900. The van der Waals surface area contributed by atoms with E-state index < -0.39 is 0 Å². The van der Waals surface area contributed by atoms with E-state index in [0.29, 0.717) is 17.9 Å². The highest BCUT2D eigenvalue weighted by atomic mass is 127. The molecule has 0 N–H and O–H groups in total. The third-order valence-electron chi connectivity index (χ3n) is 5.23. The third-order valence-corrected chi connectivity index (χ3v) is 6.83. The molecule has 8 heteroatoms. The van der Waals surface area contributed by atoms with Gasteiger partial charge in [-0.05, 0) is 88.9 Å². The summed E-state index contributed by atoms with van der Waals surface area (Å²) in [6, 6.07) is 10.3. The zero-order valence-electron chi connectivity index (χ0n) is 16.8. The van der Waals surface area contributed by atoms with Crippen LogP contribution >= 0.6 is 45.2 Å². The summed E-state index contributed by atoms with van der Waals surface area (Å²) in [6.45, 7) is 6.18. The smallest absolute Gasteiger partial charge is 0.260 e. The van der Waals surface area contributed by atoms with Crippen LogP contribution in [0.4, 0.5) is 4.39 Å². The van der Waals surface area contributed by atoms with Crippen LogP contribution in [0, 0.1) is 13.0 Å². The van der Waals surface area contributed by atoms with Crippen LogP contribution in [-0.4, -0.2) is 53.8 Å². The van der Waals surface area contributed by atoms with E-state index in [4.69, 9.17) is 4.74 Å². The molecular formula is C22H23FI2N2O3. The van der Waals surface area contributed by atoms with Gasteiger partial charge in [0.2, 0.25) is 0 Å². The monoisotopic (exact) mass is 636 g/mol. The van der Waals surface area contributed by atoms with Gasteiger partial charge in [-0.25, -0.2) is 4.39 Å². The van der Waals surface area contributed by atoms with Gasteiger partial charge in [0.05, 0.1) is 7.14 Å². The van der Waals surface area contributed by atoms with E-state index in [-0.39, 0.29) is 30.4 Å². The normalized spacial score (nSPS) is 19.6. The van der Waals surface area contributed by atoms with E-state index in [1.165, 1.54) is 12.1 Å². The van der Waals surface area contributed by atoms with Crippen molar-refractivity contribution in [2.24, 2.45) is 0 Å². The van der Waals surface area contributed by atoms with E-state index in [9.17, 15) is 14.0 Å². The van der Waals surface area contributed by atoms with Crippen molar-refractivity contribution in [3.05, 3.63) is 60.5 Å². The molecule has 0 radical (unpaired) electrons. The number of amides is 1. The topological polar surface area (TPSA) is 49.9 Å². The second-order valence-electron chi connectivity index (χ2n) is 7.52. The summed E-state index contributed by atoms with van der Waals surface area (Å²) in [6.07, 6.45) is 0.799. The molecule has 1 saturated heterocycles. The van der Waals surface area contributed by atoms with Gasteiger partial charge in [0.25, 0.3) is 5.91 Å². The van der Waals surface area contributed by atoms with Crippen LogP contribution in [-0.2, 0) is 11.3 Å². The number of carbonyl (C=O) groups excluding carboxylic acids is 2. The quantitative estimate of drug-likeness (QED) is 0.350. The fourth-order valence-corrected chi connectivity index (χ4v) is 5.72. The van der Waals surface area contributed by atoms with Gasteiger partial charge in [-0.15, -0.1) is 0 Å². The minimum Gasteiger partial charge on any atom is -0.482 e. The van der Waals surface area contributed by atoms with Crippen molar-refractivity contribution in [1.82, 2.24) is 9.80 Å². The zero-order valence-corrected chi connectivity index (χ0v) is 21.1. The van der Waals surface area contributed by atoms with Gasteiger partial charge in [-0.1, -0.05) is 12.1 Å². The highest BCUT2D eigenvalue weighted by Gasteiger charge is 2.32. The molecule has 2 atom stereocenters. The van der Waals surface area contributed by atoms with Crippen LogP contribution in [0.1, 0.15) is 29.8 Å². The van der Waals surface area contributed by atoms with E-state index >= 15 is 0 Å². The Morgan fingerprint density at radius 1 is 1.13 bits per heavy atom. The number of hydrogen-bond acceptors (Lipinski definition) is 4. The second kappa shape index (κ2) is 10.4. The number of piperazine rings is 1. The van der Waals surface area contributed by atoms with Gasteiger partial charge < -0.3 is 9.64 Å². The minimum absolute atomic E-state index is 0.0402. The summed E-state index contributed by atoms with van der Waals surface area (Å²) in [5, 5.41) is 0. The molecule has 0 bridgehead atoms. The van der Waals surface area contributed by atoms with E-state index in [0.717, 1.165) is 32.1 Å². The largest absolute Gasteiger partial charge is 0.482 e. The van der Waals surface area contributed by atoms with Crippen LogP contribution < -0.4 is 4.74 Å². The molecule has 2 aromatic carbocycles. The van der Waals surface area contributed by atoms with Gasteiger partial charge in [0.1, 0.15) is 17.9 Å². The summed E-state index contributed by atoms with van der Waals surface area (Å²) in [4.78, 5) is 28.0. The molecule has 0 saturated carbocycles. The first-order chi connectivity index (χ1) is 14.3. The van der Waals surface area contributed by atoms with Crippen molar-refractivity contribution in [2.75, 3.05) is 19.7 Å². The Morgan fingerprint density at radius 2 is 1.77 bits per heavy atom. The van der Waals surface area contributed by atoms with Crippen LogP contribution in [0.3, 0.4) is 0 Å². The molecule has 2 aromatic rings. The first-order valence-corrected chi connectivity index (χ1v) is 11.8. The Kier molecular flexibility index (Phi) is 8.08. The summed E-state index contributed by atoms with van der Waals surface area (Å²) < 4.78 is 20.6. The lowest BCUT2D eigenvalue weighted by molar-refractivity contribution is -0.139. The SMILES string of the molecule is C[C@@H]1CN(C(=O)COc2c(I)cc(C=O)cc2I)[C@@H](C)CN1Cc1ccc(F)cc1. The van der Waals surface area contributed by atoms with Crippen LogP contribution in [0.2, 0.25) is 0 Å². The van der Waals surface area contributed by atoms with Crippen molar-refractivity contribution in [1.29, 1.82) is 0 Å². The van der Waals surface area contributed by atoms with Crippen LogP contribution in [0.5, 0.6) is 5.75 Å². The number of ether oxygens (including phenoxy) is 1. The van der Waals surface area contributed by atoms with Crippen molar-refractivity contribution in [2.45, 2.75) is 32.5 Å². The predicted octanol–water partition coefficient (Wildman–Crippen LogP) is 4.35.